The zero-order valence-corrected chi connectivity index (χ0v) is 12.6. The van der Waals surface area contributed by atoms with Gasteiger partial charge in [0.2, 0.25) is 5.91 Å². The molecule has 0 bridgehead atoms. The van der Waals surface area contributed by atoms with Gasteiger partial charge in [0.05, 0.1) is 5.52 Å². The number of nitrogens with one attached hydrogen (secondary N) is 2. The summed E-state index contributed by atoms with van der Waals surface area (Å²) < 4.78 is 1.74. The second kappa shape index (κ2) is 6.51. The van der Waals surface area contributed by atoms with Crippen LogP contribution < -0.4 is 16.1 Å². The smallest absolute Gasteiger partial charge is 0.317 e. The zero-order valence-electron chi connectivity index (χ0n) is 12.6. The van der Waals surface area contributed by atoms with Gasteiger partial charge in [-0.3, -0.25) is 9.59 Å². The van der Waals surface area contributed by atoms with Crippen molar-refractivity contribution in [2.75, 3.05) is 26.2 Å². The van der Waals surface area contributed by atoms with Crippen LogP contribution in [0.1, 0.15) is 0 Å². The first-order valence-electron chi connectivity index (χ1n) is 7.53. The molecule has 120 valence electrons. The van der Waals surface area contributed by atoms with Gasteiger partial charge in [-0.1, -0.05) is 12.1 Å². The molecule has 2 N–H and O–H groups in total. The number of urea groups is 1. The van der Waals surface area contributed by atoms with Crippen molar-refractivity contribution < 1.29 is 9.59 Å². The SMILES string of the molecule is O=C(Cn1ccc(=O)c2ccccc21)NCCN1CCNC1=O. The molecule has 0 aliphatic carbocycles. The molecule has 1 aromatic heterocycles. The van der Waals surface area contributed by atoms with Gasteiger partial charge in [-0.15, -0.1) is 0 Å². The molecule has 1 aromatic carbocycles. The highest BCUT2D eigenvalue weighted by molar-refractivity contribution is 5.82. The third-order valence-electron chi connectivity index (χ3n) is 3.85. The Labute approximate surface area is 132 Å². The number of aromatic nitrogens is 1. The van der Waals surface area contributed by atoms with Crippen molar-refractivity contribution >= 4 is 22.8 Å². The van der Waals surface area contributed by atoms with E-state index < -0.39 is 0 Å². The van der Waals surface area contributed by atoms with Crippen LogP contribution in [0.25, 0.3) is 10.9 Å². The lowest BCUT2D eigenvalue weighted by Crippen LogP contribution is -2.37. The van der Waals surface area contributed by atoms with Crippen molar-refractivity contribution in [1.29, 1.82) is 0 Å². The van der Waals surface area contributed by atoms with Crippen LogP contribution in [-0.2, 0) is 11.3 Å². The van der Waals surface area contributed by atoms with E-state index in [0.717, 1.165) is 5.52 Å². The normalized spacial score (nSPS) is 14.1. The average Bonchev–Trinajstić information content (AvgIpc) is 2.96. The molecule has 1 aliphatic heterocycles. The van der Waals surface area contributed by atoms with Crippen LogP contribution in [0.5, 0.6) is 0 Å². The summed E-state index contributed by atoms with van der Waals surface area (Å²) in [6.07, 6.45) is 1.62. The number of benzene rings is 1. The van der Waals surface area contributed by atoms with E-state index in [0.29, 0.717) is 31.6 Å². The van der Waals surface area contributed by atoms with E-state index in [1.54, 1.807) is 27.8 Å². The molecule has 0 saturated carbocycles. The maximum Gasteiger partial charge on any atom is 0.317 e. The molecule has 1 aliphatic rings. The molecule has 1 fully saturated rings. The maximum atomic E-state index is 12.1. The third-order valence-corrected chi connectivity index (χ3v) is 3.85. The minimum Gasteiger partial charge on any atom is -0.353 e. The molecule has 2 heterocycles. The summed E-state index contributed by atoms with van der Waals surface area (Å²) in [6.45, 7) is 2.34. The number of rotatable bonds is 5. The number of pyridine rings is 1. The number of para-hydroxylation sites is 1. The molecule has 3 rings (SSSR count). The van der Waals surface area contributed by atoms with Gasteiger partial charge >= 0.3 is 6.03 Å². The number of hydrogen-bond donors (Lipinski definition) is 2. The van der Waals surface area contributed by atoms with E-state index in [2.05, 4.69) is 10.6 Å². The Hall–Kier alpha value is -2.83. The highest BCUT2D eigenvalue weighted by Crippen LogP contribution is 2.09. The van der Waals surface area contributed by atoms with Gasteiger partial charge in [-0.2, -0.15) is 0 Å². The minimum absolute atomic E-state index is 0.0581. The van der Waals surface area contributed by atoms with Gasteiger partial charge in [-0.25, -0.2) is 4.79 Å². The van der Waals surface area contributed by atoms with Crippen LogP contribution in [0.3, 0.4) is 0 Å². The quantitative estimate of drug-likeness (QED) is 0.823. The van der Waals surface area contributed by atoms with E-state index >= 15 is 0 Å². The van der Waals surface area contributed by atoms with Crippen LogP contribution in [0.4, 0.5) is 4.79 Å². The van der Waals surface area contributed by atoms with Gasteiger partial charge < -0.3 is 20.1 Å². The summed E-state index contributed by atoms with van der Waals surface area (Å²) in [5.74, 6) is -0.154. The molecule has 2 aromatic rings. The van der Waals surface area contributed by atoms with Crippen molar-refractivity contribution in [1.82, 2.24) is 20.1 Å². The molecule has 23 heavy (non-hydrogen) atoms. The molecule has 7 nitrogen and oxygen atoms in total. The number of carbonyl (C=O) groups excluding carboxylic acids is 2. The number of fused-ring (bicyclic) bond motifs is 1. The Morgan fingerprint density at radius 1 is 1.22 bits per heavy atom. The fraction of sp³-hybridized carbons (Fsp3) is 0.312. The van der Waals surface area contributed by atoms with E-state index in [9.17, 15) is 14.4 Å². The molecule has 0 radical (unpaired) electrons. The highest BCUT2D eigenvalue weighted by Gasteiger charge is 2.18. The summed E-state index contributed by atoms with van der Waals surface area (Å²) in [5, 5.41) is 6.11. The van der Waals surface area contributed by atoms with Crippen LogP contribution >= 0.6 is 0 Å². The van der Waals surface area contributed by atoms with Gasteiger partial charge in [0.1, 0.15) is 6.54 Å². The number of hydrogen-bond acceptors (Lipinski definition) is 3. The molecular weight excluding hydrogens is 296 g/mol. The summed E-state index contributed by atoms with van der Waals surface area (Å²) in [7, 11) is 0. The predicted molar refractivity (Wildman–Crippen MR) is 86.2 cm³/mol. The average molecular weight is 314 g/mol. The third kappa shape index (κ3) is 3.33. The predicted octanol–water partition coefficient (Wildman–Crippen LogP) is 0.143. The van der Waals surface area contributed by atoms with E-state index in [4.69, 9.17) is 0 Å². The Balaban J connectivity index is 1.61. The van der Waals surface area contributed by atoms with Gasteiger partial charge in [0.15, 0.2) is 5.43 Å². The monoisotopic (exact) mass is 314 g/mol. The Morgan fingerprint density at radius 2 is 2.04 bits per heavy atom. The number of carbonyl (C=O) groups is 2. The molecular formula is C16H18N4O3. The Kier molecular flexibility index (Phi) is 4.27. The van der Waals surface area contributed by atoms with Crippen molar-refractivity contribution in [3.05, 3.63) is 46.8 Å². The molecule has 0 unspecified atom stereocenters. The van der Waals surface area contributed by atoms with Crippen LogP contribution in [-0.4, -0.2) is 47.6 Å². The number of nitrogens with zero attached hydrogens (tertiary/aromatic N) is 2. The molecule has 1 saturated heterocycles. The summed E-state index contributed by atoms with van der Waals surface area (Å²) in [6, 6.07) is 8.57. The van der Waals surface area contributed by atoms with Crippen molar-refractivity contribution in [2.45, 2.75) is 6.54 Å². The lowest BCUT2D eigenvalue weighted by atomic mass is 10.2. The summed E-state index contributed by atoms with van der Waals surface area (Å²) in [5.41, 5.74) is 0.673. The van der Waals surface area contributed by atoms with Gasteiger partial charge in [-0.05, 0) is 12.1 Å². The summed E-state index contributed by atoms with van der Waals surface area (Å²) in [4.78, 5) is 36.9. The lowest BCUT2D eigenvalue weighted by molar-refractivity contribution is -0.121. The maximum absolute atomic E-state index is 12.1. The first-order valence-corrected chi connectivity index (χ1v) is 7.53. The Bertz CT molecular complexity index is 799. The standard InChI is InChI=1S/C16H18N4O3/c21-14-5-8-20(13-4-2-1-3-12(13)14)11-15(22)17-6-9-19-10-7-18-16(19)23/h1-5,8H,6-7,9-11H2,(H,17,22)(H,18,23). The van der Waals surface area contributed by atoms with Crippen molar-refractivity contribution in [3.8, 4) is 0 Å². The van der Waals surface area contributed by atoms with Crippen LogP contribution in [0.15, 0.2) is 41.3 Å². The van der Waals surface area contributed by atoms with E-state index in [-0.39, 0.29) is 23.9 Å². The van der Waals surface area contributed by atoms with Gasteiger partial charge in [0.25, 0.3) is 0 Å². The minimum atomic E-state index is -0.154. The van der Waals surface area contributed by atoms with E-state index in [1.807, 2.05) is 12.1 Å². The second-order valence-corrected chi connectivity index (χ2v) is 5.39. The highest BCUT2D eigenvalue weighted by atomic mass is 16.2. The summed E-state index contributed by atoms with van der Waals surface area (Å²) >= 11 is 0. The molecule has 0 atom stereocenters. The number of amides is 3. The molecule has 0 spiro atoms. The Morgan fingerprint density at radius 3 is 2.83 bits per heavy atom. The molecule has 7 heteroatoms. The molecule has 3 amide bonds. The fourth-order valence-electron chi connectivity index (χ4n) is 2.66. The van der Waals surface area contributed by atoms with E-state index in [1.165, 1.54) is 6.07 Å². The zero-order chi connectivity index (χ0) is 16.2. The largest absolute Gasteiger partial charge is 0.353 e. The lowest BCUT2D eigenvalue weighted by Gasteiger charge is -2.15. The van der Waals surface area contributed by atoms with Crippen LogP contribution in [0.2, 0.25) is 0 Å². The van der Waals surface area contributed by atoms with Crippen molar-refractivity contribution in [2.24, 2.45) is 0 Å². The second-order valence-electron chi connectivity index (χ2n) is 5.39. The first kappa shape index (κ1) is 15.1. The topological polar surface area (TPSA) is 83.4 Å². The van der Waals surface area contributed by atoms with Crippen LogP contribution in [0, 0.1) is 0 Å². The fourth-order valence-corrected chi connectivity index (χ4v) is 2.66. The first-order chi connectivity index (χ1) is 11.1. The van der Waals surface area contributed by atoms with Gasteiger partial charge in [0, 0.05) is 43.8 Å². The van der Waals surface area contributed by atoms with Crippen molar-refractivity contribution in [3.63, 3.8) is 0 Å².